The Balaban J connectivity index is 2.65. The third-order valence-electron chi connectivity index (χ3n) is 2.94. The summed E-state index contributed by atoms with van der Waals surface area (Å²) >= 11 is 0. The van der Waals surface area contributed by atoms with Crippen LogP contribution in [0.3, 0.4) is 0 Å². The molecule has 8 heteroatoms. The summed E-state index contributed by atoms with van der Waals surface area (Å²) in [6.45, 7) is 0. The first-order valence-corrected chi connectivity index (χ1v) is 5.85. The van der Waals surface area contributed by atoms with Crippen LogP contribution in [0.5, 0.6) is 0 Å². The van der Waals surface area contributed by atoms with E-state index in [1.54, 1.807) is 0 Å². The lowest BCUT2D eigenvalue weighted by Gasteiger charge is -2.16. The van der Waals surface area contributed by atoms with Gasteiger partial charge < -0.3 is 0 Å². The second-order valence-corrected chi connectivity index (χ2v) is 4.39. The first-order chi connectivity index (χ1) is 10.1. The summed E-state index contributed by atoms with van der Waals surface area (Å²) in [6, 6.07) is 5.69. The quantitative estimate of drug-likeness (QED) is 0.509. The molecule has 0 N–H and O–H groups in total. The molecule has 2 rings (SSSR count). The monoisotopic (exact) mass is 319 g/mol. The van der Waals surface area contributed by atoms with Gasteiger partial charge in [-0.1, -0.05) is 12.1 Å². The second kappa shape index (κ2) is 5.43. The van der Waals surface area contributed by atoms with Crippen molar-refractivity contribution in [2.45, 2.75) is 12.4 Å². The molecule has 0 radical (unpaired) electrons. The number of alkyl halides is 6. The van der Waals surface area contributed by atoms with E-state index in [1.807, 2.05) is 0 Å². The predicted molar refractivity (Wildman–Crippen MR) is 67.3 cm³/mol. The average Bonchev–Trinajstić information content (AvgIpc) is 2.45. The van der Waals surface area contributed by atoms with E-state index in [4.69, 9.17) is 0 Å². The van der Waals surface area contributed by atoms with Gasteiger partial charge in [-0.2, -0.15) is 26.3 Å². The smallest absolute Gasteiger partial charge is 0.166 e. The van der Waals surface area contributed by atoms with Crippen LogP contribution in [0.25, 0.3) is 11.1 Å². The summed E-state index contributed by atoms with van der Waals surface area (Å²) in [5.74, 6) is 0. The minimum Gasteiger partial charge on any atom is -0.166 e. The van der Waals surface area contributed by atoms with E-state index in [9.17, 15) is 31.2 Å². The lowest BCUT2D eigenvalue weighted by molar-refractivity contribution is -0.141. The zero-order valence-corrected chi connectivity index (χ0v) is 10.7. The molecule has 0 aliphatic carbocycles. The third kappa shape index (κ3) is 3.26. The Morgan fingerprint density at radius 2 is 1.36 bits per heavy atom. The molecule has 0 saturated carbocycles. The van der Waals surface area contributed by atoms with E-state index in [1.165, 1.54) is 0 Å². The number of nitrogens with zero attached hydrogens (tertiary/aromatic N) is 1. The highest BCUT2D eigenvalue weighted by atomic mass is 19.4. The van der Waals surface area contributed by atoms with E-state index in [2.05, 4.69) is 5.18 Å². The topological polar surface area (TPSA) is 29.4 Å². The van der Waals surface area contributed by atoms with Crippen molar-refractivity contribution in [2.24, 2.45) is 5.18 Å². The summed E-state index contributed by atoms with van der Waals surface area (Å²) in [7, 11) is 0. The van der Waals surface area contributed by atoms with Crippen LogP contribution in [-0.4, -0.2) is 0 Å². The van der Waals surface area contributed by atoms with Crippen molar-refractivity contribution in [1.29, 1.82) is 0 Å². The Hall–Kier alpha value is -2.38. The van der Waals surface area contributed by atoms with E-state index in [-0.39, 0.29) is 11.3 Å². The number of hydrogen-bond acceptors (Lipinski definition) is 2. The van der Waals surface area contributed by atoms with Gasteiger partial charge in [0.2, 0.25) is 0 Å². The molecule has 0 aliphatic heterocycles. The molecule has 0 heterocycles. The van der Waals surface area contributed by atoms with Gasteiger partial charge in [0.25, 0.3) is 0 Å². The van der Waals surface area contributed by atoms with Gasteiger partial charge in [0, 0.05) is 0 Å². The van der Waals surface area contributed by atoms with Crippen LogP contribution < -0.4 is 0 Å². The normalized spacial score (nSPS) is 12.3. The van der Waals surface area contributed by atoms with Crippen molar-refractivity contribution in [3.63, 3.8) is 0 Å². The fourth-order valence-corrected chi connectivity index (χ4v) is 1.91. The molecule has 2 aromatic rings. The van der Waals surface area contributed by atoms with Crippen LogP contribution in [0, 0.1) is 4.91 Å². The molecule has 116 valence electrons. The van der Waals surface area contributed by atoms with Crippen LogP contribution in [0.2, 0.25) is 0 Å². The molecule has 0 fully saturated rings. The molecule has 0 aliphatic rings. The van der Waals surface area contributed by atoms with Crippen LogP contribution >= 0.6 is 0 Å². The van der Waals surface area contributed by atoms with E-state index < -0.39 is 29.0 Å². The van der Waals surface area contributed by atoms with Crippen LogP contribution in [0.15, 0.2) is 47.6 Å². The largest absolute Gasteiger partial charge is 0.417 e. The second-order valence-electron chi connectivity index (χ2n) is 4.39. The van der Waals surface area contributed by atoms with Crippen molar-refractivity contribution >= 4 is 5.69 Å². The lowest BCUT2D eigenvalue weighted by atomic mass is 9.96. The van der Waals surface area contributed by atoms with Gasteiger partial charge in [0.15, 0.2) is 0 Å². The van der Waals surface area contributed by atoms with E-state index in [0.29, 0.717) is 18.2 Å². The molecule has 0 atom stereocenters. The summed E-state index contributed by atoms with van der Waals surface area (Å²) < 4.78 is 77.0. The van der Waals surface area contributed by atoms with Gasteiger partial charge in [-0.25, -0.2) is 0 Å². The number of benzene rings is 2. The van der Waals surface area contributed by atoms with Crippen molar-refractivity contribution in [3.05, 3.63) is 58.5 Å². The zero-order valence-electron chi connectivity index (χ0n) is 10.7. The standard InChI is InChI=1S/C14H7F6NO/c15-13(16,17)9-3-6-12(14(18,19)20)11(7-9)8-1-4-10(21-22)5-2-8/h1-7H. The molecule has 2 aromatic carbocycles. The van der Waals surface area contributed by atoms with Gasteiger partial charge in [-0.15, -0.1) is 4.91 Å². The number of nitroso groups, excluding NO2 is 1. The fraction of sp³-hybridized carbons (Fsp3) is 0.143. The fourth-order valence-electron chi connectivity index (χ4n) is 1.91. The maximum atomic E-state index is 13.0. The van der Waals surface area contributed by atoms with Gasteiger partial charge in [0.05, 0.1) is 11.1 Å². The van der Waals surface area contributed by atoms with Crippen LogP contribution in [0.4, 0.5) is 32.0 Å². The highest BCUT2D eigenvalue weighted by Crippen LogP contribution is 2.40. The summed E-state index contributed by atoms with van der Waals surface area (Å²) in [6.07, 6.45) is -9.57. The maximum Gasteiger partial charge on any atom is 0.417 e. The van der Waals surface area contributed by atoms with Gasteiger partial charge in [-0.05, 0) is 46.6 Å². The molecule has 22 heavy (non-hydrogen) atoms. The molecule has 0 amide bonds. The Kier molecular flexibility index (Phi) is 3.95. The lowest BCUT2D eigenvalue weighted by Crippen LogP contribution is -2.11. The van der Waals surface area contributed by atoms with Crippen molar-refractivity contribution in [3.8, 4) is 11.1 Å². The number of halogens is 6. The minimum absolute atomic E-state index is 0.0377. The highest BCUT2D eigenvalue weighted by Gasteiger charge is 2.37. The summed E-state index contributed by atoms with van der Waals surface area (Å²) in [5.41, 5.74) is -3.12. The molecular weight excluding hydrogens is 312 g/mol. The third-order valence-corrected chi connectivity index (χ3v) is 2.94. The average molecular weight is 319 g/mol. The highest BCUT2D eigenvalue weighted by molar-refractivity contribution is 5.70. The minimum atomic E-state index is -4.80. The van der Waals surface area contributed by atoms with Crippen molar-refractivity contribution < 1.29 is 26.3 Å². The Morgan fingerprint density at radius 3 is 1.82 bits per heavy atom. The molecule has 0 unspecified atom stereocenters. The molecule has 0 saturated heterocycles. The molecule has 2 nitrogen and oxygen atoms in total. The number of hydrogen-bond donors (Lipinski definition) is 0. The van der Waals surface area contributed by atoms with Gasteiger partial charge >= 0.3 is 12.4 Å². The molecule has 0 bridgehead atoms. The first-order valence-electron chi connectivity index (χ1n) is 5.85. The van der Waals surface area contributed by atoms with Crippen molar-refractivity contribution in [1.82, 2.24) is 0 Å². The summed E-state index contributed by atoms with van der Waals surface area (Å²) in [5, 5.41) is 2.58. The molecular formula is C14H7F6NO. The summed E-state index contributed by atoms with van der Waals surface area (Å²) in [4.78, 5) is 10.3. The Morgan fingerprint density at radius 1 is 0.773 bits per heavy atom. The van der Waals surface area contributed by atoms with Crippen LogP contribution in [0.1, 0.15) is 11.1 Å². The molecule has 0 spiro atoms. The van der Waals surface area contributed by atoms with Gasteiger partial charge in [-0.3, -0.25) is 0 Å². The zero-order chi connectivity index (χ0) is 16.5. The number of rotatable bonds is 2. The SMILES string of the molecule is O=Nc1ccc(-c2cc(C(F)(F)F)ccc2C(F)(F)F)cc1. The van der Waals surface area contributed by atoms with E-state index in [0.717, 1.165) is 24.3 Å². The van der Waals surface area contributed by atoms with E-state index >= 15 is 0 Å². The Labute approximate surface area is 120 Å². The predicted octanol–water partition coefficient (Wildman–Crippen LogP) is 5.79. The molecule has 0 aromatic heterocycles. The van der Waals surface area contributed by atoms with Gasteiger partial charge in [0.1, 0.15) is 5.69 Å². The Bertz CT molecular complexity index is 688. The van der Waals surface area contributed by atoms with Crippen LogP contribution in [-0.2, 0) is 12.4 Å². The maximum absolute atomic E-state index is 13.0. The first kappa shape index (κ1) is 16.0. The van der Waals surface area contributed by atoms with Crippen molar-refractivity contribution in [2.75, 3.05) is 0 Å².